The van der Waals surface area contributed by atoms with Crippen molar-refractivity contribution in [2.75, 3.05) is 19.3 Å². The second kappa shape index (κ2) is 7.92. The molecular formula is C15H26N2O3S. The average molecular weight is 314 g/mol. The second-order valence-electron chi connectivity index (χ2n) is 6.19. The van der Waals surface area contributed by atoms with Gasteiger partial charge in [-0.1, -0.05) is 0 Å². The normalized spacial score (nSPS) is 27.4. The zero-order chi connectivity index (χ0) is 15.2. The molecule has 2 N–H and O–H groups in total. The highest BCUT2D eigenvalue weighted by molar-refractivity contribution is 7.99. The number of likely N-dealkylation sites (tertiary alicyclic amines) is 1. The zero-order valence-corrected chi connectivity index (χ0v) is 13.5. The molecule has 6 heteroatoms. The molecule has 21 heavy (non-hydrogen) atoms. The summed E-state index contributed by atoms with van der Waals surface area (Å²) in [5.74, 6) is -0.507. The summed E-state index contributed by atoms with van der Waals surface area (Å²) in [6.45, 7) is 1.37. The summed E-state index contributed by atoms with van der Waals surface area (Å²) in [5, 5.41) is 12.7. The summed E-state index contributed by atoms with van der Waals surface area (Å²) in [5.41, 5.74) is 0. The van der Waals surface area contributed by atoms with Gasteiger partial charge >= 0.3 is 12.0 Å². The topological polar surface area (TPSA) is 69.6 Å². The molecule has 1 heterocycles. The van der Waals surface area contributed by atoms with Gasteiger partial charge < -0.3 is 15.3 Å². The Balaban J connectivity index is 1.69. The van der Waals surface area contributed by atoms with Crippen LogP contribution in [0.3, 0.4) is 0 Å². The molecule has 0 aromatic carbocycles. The molecule has 0 atom stereocenters. The van der Waals surface area contributed by atoms with Crippen LogP contribution in [0.1, 0.15) is 44.9 Å². The molecular weight excluding hydrogens is 288 g/mol. The number of nitrogens with one attached hydrogen (secondary N) is 1. The maximum atomic E-state index is 12.2. The van der Waals surface area contributed by atoms with E-state index >= 15 is 0 Å². The van der Waals surface area contributed by atoms with Crippen LogP contribution in [0.15, 0.2) is 0 Å². The molecule has 1 aliphatic carbocycles. The molecule has 2 amide bonds. The quantitative estimate of drug-likeness (QED) is 0.837. The Morgan fingerprint density at radius 2 is 1.76 bits per heavy atom. The molecule has 2 fully saturated rings. The lowest BCUT2D eigenvalue weighted by Gasteiger charge is -2.34. The Morgan fingerprint density at radius 3 is 2.29 bits per heavy atom. The van der Waals surface area contributed by atoms with Crippen molar-refractivity contribution in [3.8, 4) is 0 Å². The summed E-state index contributed by atoms with van der Waals surface area (Å²) in [4.78, 5) is 24.8. The fraction of sp³-hybridized carbons (Fsp3) is 0.867. The summed E-state index contributed by atoms with van der Waals surface area (Å²) in [6, 6.07) is 0.356. The number of urea groups is 1. The van der Waals surface area contributed by atoms with Gasteiger partial charge in [0.25, 0.3) is 0 Å². The number of nitrogens with zero attached hydrogens (tertiary/aromatic N) is 1. The molecule has 1 saturated heterocycles. The minimum Gasteiger partial charge on any atom is -0.481 e. The highest BCUT2D eigenvalue weighted by Gasteiger charge is 2.27. The van der Waals surface area contributed by atoms with Crippen molar-refractivity contribution in [3.05, 3.63) is 0 Å². The lowest BCUT2D eigenvalue weighted by Crippen LogP contribution is -2.48. The van der Waals surface area contributed by atoms with Gasteiger partial charge in [-0.15, -0.1) is 0 Å². The first kappa shape index (κ1) is 16.5. The van der Waals surface area contributed by atoms with Crippen LogP contribution in [-0.2, 0) is 4.79 Å². The predicted octanol–water partition coefficient (Wildman–Crippen LogP) is 2.56. The van der Waals surface area contributed by atoms with E-state index in [1.165, 1.54) is 12.8 Å². The molecule has 2 aliphatic rings. The van der Waals surface area contributed by atoms with E-state index in [0.29, 0.717) is 19.1 Å². The van der Waals surface area contributed by atoms with Crippen LogP contribution >= 0.6 is 11.8 Å². The number of carboxylic acids is 1. The number of carbonyl (C=O) groups is 2. The Morgan fingerprint density at radius 1 is 1.14 bits per heavy atom. The number of hydrogen-bond acceptors (Lipinski definition) is 3. The Labute approximate surface area is 130 Å². The molecule has 120 valence electrons. The molecule has 0 aromatic rings. The molecule has 0 unspecified atom stereocenters. The molecule has 0 aromatic heterocycles. The van der Waals surface area contributed by atoms with Crippen molar-refractivity contribution in [1.82, 2.24) is 10.2 Å². The van der Waals surface area contributed by atoms with E-state index in [0.717, 1.165) is 30.9 Å². The van der Waals surface area contributed by atoms with Gasteiger partial charge in [-0.05, 0) is 50.7 Å². The van der Waals surface area contributed by atoms with E-state index in [1.54, 1.807) is 0 Å². The number of carboxylic acid groups (broad SMARTS) is 1. The van der Waals surface area contributed by atoms with Crippen LogP contribution < -0.4 is 5.32 Å². The number of thioether (sulfide) groups is 1. The molecule has 0 bridgehead atoms. The largest absolute Gasteiger partial charge is 0.481 e. The van der Waals surface area contributed by atoms with Crippen LogP contribution in [0.5, 0.6) is 0 Å². The lowest BCUT2D eigenvalue weighted by atomic mass is 9.93. The number of carbonyl (C=O) groups excluding carboxylic acids is 1. The predicted molar refractivity (Wildman–Crippen MR) is 84.6 cm³/mol. The maximum Gasteiger partial charge on any atom is 0.317 e. The maximum absolute atomic E-state index is 12.2. The van der Waals surface area contributed by atoms with E-state index in [-0.39, 0.29) is 18.4 Å². The van der Waals surface area contributed by atoms with Crippen LogP contribution in [0.25, 0.3) is 0 Å². The number of aliphatic carboxylic acids is 1. The van der Waals surface area contributed by atoms with Crippen LogP contribution in [0.4, 0.5) is 4.79 Å². The summed E-state index contributed by atoms with van der Waals surface area (Å²) in [7, 11) is 0. The van der Waals surface area contributed by atoms with Crippen molar-refractivity contribution in [3.63, 3.8) is 0 Å². The van der Waals surface area contributed by atoms with E-state index in [9.17, 15) is 9.59 Å². The molecule has 1 saturated carbocycles. The average Bonchev–Trinajstić information content (AvgIpc) is 2.48. The van der Waals surface area contributed by atoms with E-state index < -0.39 is 5.97 Å². The van der Waals surface area contributed by atoms with Gasteiger partial charge in [0.15, 0.2) is 0 Å². The zero-order valence-electron chi connectivity index (χ0n) is 12.7. The molecule has 1 aliphatic heterocycles. The highest BCUT2D eigenvalue weighted by Crippen LogP contribution is 2.27. The van der Waals surface area contributed by atoms with Gasteiger partial charge in [-0.2, -0.15) is 11.8 Å². The third-order valence-electron chi connectivity index (χ3n) is 4.70. The fourth-order valence-electron chi connectivity index (χ4n) is 3.30. The smallest absolute Gasteiger partial charge is 0.317 e. The third-order valence-corrected chi connectivity index (χ3v) is 5.84. The first-order valence-corrected chi connectivity index (χ1v) is 9.17. The number of hydrogen-bond donors (Lipinski definition) is 2. The van der Waals surface area contributed by atoms with Crippen LogP contribution in [-0.4, -0.2) is 52.6 Å². The van der Waals surface area contributed by atoms with Crippen molar-refractivity contribution in [1.29, 1.82) is 0 Å². The fourth-order valence-corrected chi connectivity index (χ4v) is 4.04. The van der Waals surface area contributed by atoms with Crippen molar-refractivity contribution in [2.45, 2.75) is 56.2 Å². The van der Waals surface area contributed by atoms with Gasteiger partial charge in [-0.25, -0.2) is 4.79 Å². The van der Waals surface area contributed by atoms with Crippen molar-refractivity contribution >= 4 is 23.8 Å². The van der Waals surface area contributed by atoms with E-state index in [1.807, 2.05) is 16.7 Å². The van der Waals surface area contributed by atoms with Gasteiger partial charge in [0.05, 0.1) is 0 Å². The van der Waals surface area contributed by atoms with E-state index in [4.69, 9.17) is 5.11 Å². The second-order valence-corrected chi connectivity index (χ2v) is 7.33. The minimum absolute atomic E-state index is 0.0383. The molecule has 2 rings (SSSR count). The first-order valence-electron chi connectivity index (χ1n) is 7.88. The summed E-state index contributed by atoms with van der Waals surface area (Å²) < 4.78 is 0. The summed E-state index contributed by atoms with van der Waals surface area (Å²) >= 11 is 1.93. The standard InChI is InChI=1S/C15H26N2O3S/c1-21-13-4-2-12(3-5-13)16-15(20)17-8-6-11(7-9-17)10-14(18)19/h11-13H,2-10H2,1H3,(H,16,20)(H,18,19). The van der Waals surface area contributed by atoms with Gasteiger partial charge in [0.1, 0.15) is 0 Å². The van der Waals surface area contributed by atoms with Crippen LogP contribution in [0, 0.1) is 5.92 Å². The first-order chi connectivity index (χ1) is 10.1. The monoisotopic (exact) mass is 314 g/mol. The minimum atomic E-state index is -0.733. The molecule has 0 spiro atoms. The van der Waals surface area contributed by atoms with Crippen molar-refractivity contribution < 1.29 is 14.7 Å². The van der Waals surface area contributed by atoms with Gasteiger partial charge in [-0.3, -0.25) is 4.79 Å². The number of amides is 2. The number of rotatable bonds is 4. The van der Waals surface area contributed by atoms with Crippen LogP contribution in [0.2, 0.25) is 0 Å². The highest BCUT2D eigenvalue weighted by atomic mass is 32.2. The number of piperidine rings is 1. The van der Waals surface area contributed by atoms with Gasteiger partial charge in [0.2, 0.25) is 0 Å². The summed E-state index contributed by atoms with van der Waals surface area (Å²) in [6.07, 6.45) is 8.52. The Hall–Kier alpha value is -0.910. The van der Waals surface area contributed by atoms with Gasteiger partial charge in [0, 0.05) is 30.8 Å². The lowest BCUT2D eigenvalue weighted by molar-refractivity contribution is -0.138. The van der Waals surface area contributed by atoms with E-state index in [2.05, 4.69) is 11.6 Å². The molecule has 0 radical (unpaired) electrons. The Bertz CT molecular complexity index is 362. The SMILES string of the molecule is CSC1CCC(NC(=O)N2CCC(CC(=O)O)CC2)CC1. The molecule has 5 nitrogen and oxygen atoms in total. The van der Waals surface area contributed by atoms with Crippen molar-refractivity contribution in [2.24, 2.45) is 5.92 Å². The third kappa shape index (κ3) is 5.09. The Kier molecular flexibility index (Phi) is 6.21.